The minimum atomic E-state index is -3.84. The summed E-state index contributed by atoms with van der Waals surface area (Å²) in [6, 6.07) is 11.6. The molecular weight excluding hydrogens is 675 g/mol. The van der Waals surface area contributed by atoms with Gasteiger partial charge in [-0.05, 0) is 52.4 Å². The number of tetrazole rings is 1. The first kappa shape index (κ1) is 27.9. The van der Waals surface area contributed by atoms with Crippen molar-refractivity contribution in [3.8, 4) is 0 Å². The highest BCUT2D eigenvalue weighted by Crippen LogP contribution is 2.34. The number of halogens is 2. The fraction of sp³-hybridized carbons (Fsp3) is 0.250. The second-order valence-electron chi connectivity index (χ2n) is 9.03. The molecule has 2 aromatic carbocycles. The Hall–Kier alpha value is -2.66. The van der Waals surface area contributed by atoms with Crippen molar-refractivity contribution in [2.75, 3.05) is 19.6 Å². The Kier molecular flexibility index (Phi) is 7.92. The van der Waals surface area contributed by atoms with Crippen LogP contribution in [0.25, 0.3) is 10.8 Å². The van der Waals surface area contributed by atoms with E-state index >= 15 is 0 Å². The molecule has 0 bridgehead atoms. The van der Waals surface area contributed by atoms with Crippen LogP contribution in [0.3, 0.4) is 0 Å². The van der Waals surface area contributed by atoms with E-state index in [2.05, 4.69) is 30.6 Å². The molecule has 4 aromatic rings. The summed E-state index contributed by atoms with van der Waals surface area (Å²) in [6.07, 6.45) is 1.96. The van der Waals surface area contributed by atoms with Crippen molar-refractivity contribution in [3.05, 3.63) is 65.2 Å². The lowest BCUT2D eigenvalue weighted by atomic mass is 10.1. The Bertz CT molecular complexity index is 1700. The SMILES string of the molecule is Cc1cc2c(cn1)SC(C(=O)N1CCN(S(=O)(=O)c3ccc4cc(Cl)ccc4c3)CC1Cc1nnn[nH]1)=[N+]2.[I-]. The smallest absolute Gasteiger partial charge is 0.381 e. The number of carbonyl (C=O) groups is 1. The molecule has 201 valence electrons. The number of carbonyl (C=O) groups excluding carboxylic acids is 1. The predicted octanol–water partition coefficient (Wildman–Crippen LogP) is -0.670. The third-order valence-corrected chi connectivity index (χ3v) is 9.62. The minimum absolute atomic E-state index is 0. The van der Waals surface area contributed by atoms with Gasteiger partial charge in [-0.1, -0.05) is 23.7 Å². The van der Waals surface area contributed by atoms with Gasteiger partial charge in [-0.15, -0.1) is 5.10 Å². The van der Waals surface area contributed by atoms with Gasteiger partial charge in [0.2, 0.25) is 10.0 Å². The Labute approximate surface area is 250 Å². The highest BCUT2D eigenvalue weighted by Gasteiger charge is 2.43. The number of hydrogen-bond acceptors (Lipinski definition) is 9. The van der Waals surface area contributed by atoms with E-state index in [1.807, 2.05) is 13.0 Å². The van der Waals surface area contributed by atoms with Crippen LogP contribution < -0.4 is 29.0 Å². The molecule has 1 fully saturated rings. The third-order valence-electron chi connectivity index (χ3n) is 6.53. The number of rotatable bonds is 5. The summed E-state index contributed by atoms with van der Waals surface area (Å²) < 4.78 is 28.8. The number of amides is 1. The van der Waals surface area contributed by atoms with Crippen LogP contribution in [0, 0.1) is 6.92 Å². The average Bonchev–Trinajstić information content (AvgIpc) is 3.57. The number of aromatic amines is 1. The van der Waals surface area contributed by atoms with Crippen LogP contribution in [0.4, 0.5) is 5.69 Å². The number of hydrogen-bond donors (Lipinski definition) is 1. The number of aliphatic imine (C=N–C) groups is 1. The number of piperazine rings is 1. The number of fused-ring (bicyclic) bond motifs is 2. The zero-order valence-electron chi connectivity index (χ0n) is 20.5. The van der Waals surface area contributed by atoms with Crippen molar-refractivity contribution in [2.24, 2.45) is 0 Å². The first-order valence-electron chi connectivity index (χ1n) is 11.7. The van der Waals surface area contributed by atoms with Gasteiger partial charge in [0.15, 0.2) is 5.82 Å². The number of benzene rings is 2. The Morgan fingerprint density at radius 2 is 1.97 bits per heavy atom. The summed E-state index contributed by atoms with van der Waals surface area (Å²) >= 11 is 7.34. The third kappa shape index (κ3) is 5.52. The van der Waals surface area contributed by atoms with Crippen molar-refractivity contribution in [2.45, 2.75) is 29.2 Å². The summed E-state index contributed by atoms with van der Waals surface area (Å²) in [6.45, 7) is 2.29. The topological polar surface area (TPSA) is 139 Å². The van der Waals surface area contributed by atoms with Crippen molar-refractivity contribution in [1.82, 2.24) is 39.8 Å². The lowest BCUT2D eigenvalue weighted by Crippen LogP contribution is -3.00. The normalized spacial score (nSPS) is 17.5. The van der Waals surface area contributed by atoms with Crippen LogP contribution in [0.1, 0.15) is 11.5 Å². The van der Waals surface area contributed by atoms with E-state index in [9.17, 15) is 13.2 Å². The van der Waals surface area contributed by atoms with E-state index in [0.717, 1.165) is 21.4 Å². The quantitative estimate of drug-likeness (QED) is 0.272. The molecule has 2 aromatic heterocycles. The maximum absolute atomic E-state index is 13.7. The standard InChI is InChI=1S/C24H21ClN8O3S2.HI/c1-14-8-20-21(12-26-14)37-23(27-20)24(34)33-7-6-32(13-18(33)11-22-28-30-31-29-22)38(35,36)19-5-3-15-9-17(25)4-2-16(15)10-19;/h2-5,8-10,12,18H,6-7,11,13H2,1H3,(H,28,29,30,31);1H/q+1;/p-1. The molecule has 6 rings (SSSR count). The van der Waals surface area contributed by atoms with Crippen LogP contribution >= 0.6 is 23.4 Å². The average molecular weight is 696 g/mol. The summed E-state index contributed by atoms with van der Waals surface area (Å²) in [4.78, 5) is 25.1. The van der Waals surface area contributed by atoms with Gasteiger partial charge >= 0.3 is 11.0 Å². The van der Waals surface area contributed by atoms with Crippen molar-refractivity contribution < 1.29 is 37.2 Å². The molecule has 1 N–H and O–H groups in total. The first-order chi connectivity index (χ1) is 18.3. The number of sulfonamides is 1. The molecule has 0 saturated carbocycles. The van der Waals surface area contributed by atoms with Crippen molar-refractivity contribution >= 4 is 60.8 Å². The largest absolute Gasteiger partial charge is 1.00 e. The van der Waals surface area contributed by atoms with Gasteiger partial charge in [-0.25, -0.2) is 13.5 Å². The summed E-state index contributed by atoms with van der Waals surface area (Å²) in [5, 5.41) is 16.4. The van der Waals surface area contributed by atoms with E-state index in [1.54, 1.807) is 47.5 Å². The Morgan fingerprint density at radius 1 is 1.18 bits per heavy atom. The molecular formula is C24H21ClIN8O3S2. The molecule has 1 saturated heterocycles. The maximum Gasteiger partial charge on any atom is 0.381 e. The number of H-pyrrole nitrogens is 1. The second-order valence-corrected chi connectivity index (χ2v) is 12.4. The van der Waals surface area contributed by atoms with Crippen LogP contribution in [0.5, 0.6) is 0 Å². The van der Waals surface area contributed by atoms with Crippen LogP contribution in [0.2, 0.25) is 5.02 Å². The number of pyridine rings is 1. The van der Waals surface area contributed by atoms with Crippen LogP contribution in [0.15, 0.2) is 58.5 Å². The molecule has 2 aliphatic rings. The number of aryl methyl sites for hydroxylation is 1. The number of aromatic nitrogens is 5. The van der Waals surface area contributed by atoms with E-state index in [4.69, 9.17) is 11.6 Å². The summed E-state index contributed by atoms with van der Waals surface area (Å²) in [5.41, 5.74) is 1.52. The zero-order chi connectivity index (χ0) is 26.4. The molecule has 11 nitrogen and oxygen atoms in total. The van der Waals surface area contributed by atoms with E-state index < -0.39 is 16.1 Å². The molecule has 15 heteroatoms. The minimum Gasteiger partial charge on any atom is -1.00 e. The fourth-order valence-electron chi connectivity index (χ4n) is 4.63. The van der Waals surface area contributed by atoms with E-state index in [1.165, 1.54) is 16.1 Å². The molecule has 0 spiro atoms. The second kappa shape index (κ2) is 11.1. The van der Waals surface area contributed by atoms with Gasteiger partial charge in [0.05, 0.1) is 15.9 Å². The van der Waals surface area contributed by atoms with E-state index in [-0.39, 0.29) is 60.8 Å². The van der Waals surface area contributed by atoms with Gasteiger partial charge < -0.3 is 28.9 Å². The van der Waals surface area contributed by atoms with Crippen LogP contribution in [-0.2, 0) is 21.2 Å². The fourth-order valence-corrected chi connectivity index (χ4v) is 7.19. The van der Waals surface area contributed by atoms with Gasteiger partial charge in [-0.3, -0.25) is 9.78 Å². The van der Waals surface area contributed by atoms with Gasteiger partial charge in [0.25, 0.3) is 5.69 Å². The summed E-state index contributed by atoms with van der Waals surface area (Å²) in [7, 11) is -3.84. The Balaban J connectivity index is 0.00000308. The Morgan fingerprint density at radius 3 is 2.77 bits per heavy atom. The maximum atomic E-state index is 13.7. The predicted molar refractivity (Wildman–Crippen MR) is 143 cm³/mol. The number of thioether (sulfide) groups is 1. The highest BCUT2D eigenvalue weighted by atomic mass is 127. The highest BCUT2D eigenvalue weighted by molar-refractivity contribution is 8.16. The van der Waals surface area contributed by atoms with Gasteiger partial charge in [-0.2, -0.15) is 4.31 Å². The zero-order valence-corrected chi connectivity index (χ0v) is 25.0. The lowest BCUT2D eigenvalue weighted by Gasteiger charge is -2.39. The van der Waals surface area contributed by atoms with Gasteiger partial charge in [0, 0.05) is 60.8 Å². The lowest BCUT2D eigenvalue weighted by molar-refractivity contribution is -0.127. The molecule has 4 heterocycles. The number of nitrogens with one attached hydrogen (secondary N) is 1. The molecule has 0 aliphatic carbocycles. The number of nitrogens with zero attached hydrogens (tertiary/aromatic N) is 7. The molecule has 2 aliphatic heterocycles. The molecule has 1 amide bonds. The molecule has 1 unspecified atom stereocenters. The van der Waals surface area contributed by atoms with Crippen molar-refractivity contribution in [1.29, 1.82) is 0 Å². The first-order valence-corrected chi connectivity index (χ1v) is 14.4. The van der Waals surface area contributed by atoms with Crippen molar-refractivity contribution in [3.63, 3.8) is 0 Å². The summed E-state index contributed by atoms with van der Waals surface area (Å²) in [5.74, 6) is 0.194. The molecule has 1 radical (unpaired) electrons. The molecule has 1 atom stereocenters. The van der Waals surface area contributed by atoms with Gasteiger partial charge in [0.1, 0.15) is 4.90 Å². The van der Waals surface area contributed by atoms with E-state index in [0.29, 0.717) is 21.6 Å². The molecule has 39 heavy (non-hydrogen) atoms. The van der Waals surface area contributed by atoms with Crippen LogP contribution in [-0.4, -0.2) is 79.9 Å². The monoisotopic (exact) mass is 695 g/mol.